The van der Waals surface area contributed by atoms with Crippen LogP contribution in [0.25, 0.3) is 0 Å². The number of esters is 1. The van der Waals surface area contributed by atoms with Gasteiger partial charge in [0.2, 0.25) is 0 Å². The molecule has 7 heteroatoms. The van der Waals surface area contributed by atoms with E-state index in [4.69, 9.17) is 4.74 Å². The molecule has 144 valence electrons. The molecule has 2 atom stereocenters. The number of ether oxygens (including phenoxy) is 1. The van der Waals surface area contributed by atoms with Gasteiger partial charge in [0.25, 0.3) is 0 Å². The topological polar surface area (TPSA) is 69.4 Å². The van der Waals surface area contributed by atoms with E-state index in [1.54, 1.807) is 28.5 Å². The van der Waals surface area contributed by atoms with Gasteiger partial charge >= 0.3 is 12.0 Å². The predicted octanol–water partition coefficient (Wildman–Crippen LogP) is 5.22. The molecule has 2 unspecified atom stereocenters. The van der Waals surface area contributed by atoms with Crippen LogP contribution in [-0.4, -0.2) is 23.5 Å². The van der Waals surface area contributed by atoms with Crippen molar-refractivity contribution in [3.8, 4) is 0 Å². The number of hydrogen-bond donors (Lipinski definition) is 0. The van der Waals surface area contributed by atoms with Crippen LogP contribution in [0.2, 0.25) is 0 Å². The highest BCUT2D eigenvalue weighted by atomic mass is 33.1. The van der Waals surface area contributed by atoms with Gasteiger partial charge in [-0.1, -0.05) is 81.7 Å². The molecule has 0 bridgehead atoms. The van der Waals surface area contributed by atoms with Crippen molar-refractivity contribution in [3.63, 3.8) is 0 Å². The van der Waals surface area contributed by atoms with E-state index in [1.807, 2.05) is 37.3 Å². The smallest absolute Gasteiger partial charge is 0.381 e. The lowest BCUT2D eigenvalue weighted by molar-refractivity contribution is -0.511. The summed E-state index contributed by atoms with van der Waals surface area (Å²) < 4.78 is 4.89. The van der Waals surface area contributed by atoms with Gasteiger partial charge in [-0.2, -0.15) is 0 Å². The minimum absolute atomic E-state index is 0.0986. The summed E-state index contributed by atoms with van der Waals surface area (Å²) in [5.41, 5.74) is 3.37. The summed E-state index contributed by atoms with van der Waals surface area (Å²) in [4.78, 5) is 22.9. The Morgan fingerprint density at radius 1 is 1.15 bits per heavy atom. The predicted molar refractivity (Wildman–Crippen MR) is 111 cm³/mol. The van der Waals surface area contributed by atoms with Crippen molar-refractivity contribution in [3.05, 3.63) is 81.4 Å². The lowest BCUT2D eigenvalue weighted by atomic mass is 10.1. The fraction of sp³-hybridized carbons (Fsp3) is 0.350. The number of benzene rings is 2. The highest BCUT2D eigenvalue weighted by molar-refractivity contribution is 8.76. The quantitative estimate of drug-likeness (QED) is 0.234. The first kappa shape index (κ1) is 21.3. The molecular weight excluding hydrogens is 382 g/mol. The van der Waals surface area contributed by atoms with E-state index < -0.39 is 16.9 Å². The monoisotopic (exact) mass is 405 g/mol. The Bertz CT molecular complexity index is 737. The third-order valence-electron chi connectivity index (χ3n) is 3.95. The molecule has 5 nitrogen and oxygen atoms in total. The Balaban J connectivity index is 2.07. The largest absolute Gasteiger partial charge is 0.461 e. The Hall–Kier alpha value is -1.99. The lowest BCUT2D eigenvalue weighted by Gasteiger charge is -2.18. The highest BCUT2D eigenvalue weighted by Crippen LogP contribution is 2.43. The van der Waals surface area contributed by atoms with Gasteiger partial charge < -0.3 is 4.74 Å². The molecule has 0 heterocycles. The van der Waals surface area contributed by atoms with Crippen molar-refractivity contribution >= 4 is 27.6 Å². The normalized spacial score (nSPS) is 13.0. The molecule has 0 spiro atoms. The number of hydrogen-bond acceptors (Lipinski definition) is 6. The van der Waals surface area contributed by atoms with E-state index in [-0.39, 0.29) is 18.3 Å². The molecule has 2 aromatic rings. The first-order valence-corrected chi connectivity index (χ1v) is 11.1. The Morgan fingerprint density at radius 3 is 2.41 bits per heavy atom. The molecule has 0 aliphatic carbocycles. The molecule has 2 rings (SSSR count). The fourth-order valence-corrected chi connectivity index (χ4v) is 5.24. The SMILES string of the molecule is CCOC(=O)C(CC(SSCc1ccc(C)cc1)c1ccccc1)[N+](=O)[O-]. The maximum absolute atomic E-state index is 12.0. The maximum atomic E-state index is 12.0. The number of aryl methyl sites for hydroxylation is 1. The van der Waals surface area contributed by atoms with Crippen molar-refractivity contribution < 1.29 is 14.5 Å². The average molecular weight is 406 g/mol. The van der Waals surface area contributed by atoms with Gasteiger partial charge in [-0.05, 0) is 25.0 Å². The zero-order valence-electron chi connectivity index (χ0n) is 15.4. The number of rotatable bonds is 10. The van der Waals surface area contributed by atoms with E-state index in [9.17, 15) is 14.9 Å². The van der Waals surface area contributed by atoms with Crippen molar-refractivity contribution in [1.82, 2.24) is 0 Å². The molecule has 0 saturated carbocycles. The summed E-state index contributed by atoms with van der Waals surface area (Å²) in [6.45, 7) is 3.83. The van der Waals surface area contributed by atoms with Crippen LogP contribution >= 0.6 is 21.6 Å². The Morgan fingerprint density at radius 2 is 1.81 bits per heavy atom. The molecule has 0 aliphatic rings. The number of nitro groups is 1. The molecule has 0 saturated heterocycles. The maximum Gasteiger partial charge on any atom is 0.381 e. The van der Waals surface area contributed by atoms with E-state index in [0.717, 1.165) is 11.3 Å². The lowest BCUT2D eigenvalue weighted by Crippen LogP contribution is -2.32. The second kappa shape index (κ2) is 11.0. The van der Waals surface area contributed by atoms with Gasteiger partial charge in [0.05, 0.1) is 6.61 Å². The first-order valence-electron chi connectivity index (χ1n) is 8.70. The van der Waals surface area contributed by atoms with Crippen LogP contribution in [0, 0.1) is 17.0 Å². The van der Waals surface area contributed by atoms with Crippen LogP contribution in [0.1, 0.15) is 35.3 Å². The van der Waals surface area contributed by atoms with E-state index in [0.29, 0.717) is 0 Å². The van der Waals surface area contributed by atoms with Gasteiger partial charge in [-0.3, -0.25) is 10.1 Å². The third-order valence-corrected chi connectivity index (χ3v) is 6.70. The number of carbonyl (C=O) groups is 1. The number of carbonyl (C=O) groups excluding carboxylic acids is 1. The van der Waals surface area contributed by atoms with Crippen LogP contribution < -0.4 is 0 Å². The molecule has 0 N–H and O–H groups in total. The van der Waals surface area contributed by atoms with Gasteiger partial charge in [-0.15, -0.1) is 0 Å². The van der Waals surface area contributed by atoms with Crippen molar-refractivity contribution in [2.75, 3.05) is 6.61 Å². The molecule has 27 heavy (non-hydrogen) atoms. The molecule has 0 amide bonds. The summed E-state index contributed by atoms with van der Waals surface area (Å²) in [7, 11) is 3.20. The van der Waals surface area contributed by atoms with Crippen LogP contribution in [0.4, 0.5) is 0 Å². The summed E-state index contributed by atoms with van der Waals surface area (Å²) in [6.07, 6.45) is 0.0986. The fourth-order valence-electron chi connectivity index (χ4n) is 2.48. The summed E-state index contributed by atoms with van der Waals surface area (Å²) in [5, 5.41) is 11.2. The zero-order valence-corrected chi connectivity index (χ0v) is 17.0. The highest BCUT2D eigenvalue weighted by Gasteiger charge is 2.35. The molecule has 2 aromatic carbocycles. The second-order valence-electron chi connectivity index (χ2n) is 6.03. The van der Waals surface area contributed by atoms with E-state index in [2.05, 4.69) is 24.3 Å². The summed E-state index contributed by atoms with van der Waals surface area (Å²) >= 11 is 0. The molecule has 0 aromatic heterocycles. The molecule has 0 fully saturated rings. The van der Waals surface area contributed by atoms with Gasteiger partial charge in [0, 0.05) is 22.3 Å². The third kappa shape index (κ3) is 6.92. The molecule has 0 radical (unpaired) electrons. The van der Waals surface area contributed by atoms with Crippen molar-refractivity contribution in [2.24, 2.45) is 0 Å². The Kier molecular flexibility index (Phi) is 8.67. The Labute approximate surface area is 167 Å². The average Bonchev–Trinajstić information content (AvgIpc) is 2.66. The minimum atomic E-state index is -1.36. The van der Waals surface area contributed by atoms with Crippen molar-refractivity contribution in [2.45, 2.75) is 37.3 Å². The van der Waals surface area contributed by atoms with Crippen LogP contribution in [0.5, 0.6) is 0 Å². The number of nitrogens with zero attached hydrogens (tertiary/aromatic N) is 1. The van der Waals surface area contributed by atoms with Gasteiger partial charge in [0.15, 0.2) is 0 Å². The van der Waals surface area contributed by atoms with Crippen LogP contribution in [0.15, 0.2) is 54.6 Å². The summed E-state index contributed by atoms with van der Waals surface area (Å²) in [5.74, 6) is 0.0177. The second-order valence-corrected chi connectivity index (χ2v) is 8.60. The van der Waals surface area contributed by atoms with Gasteiger partial charge in [0.1, 0.15) is 0 Å². The zero-order chi connectivity index (χ0) is 19.6. The van der Waals surface area contributed by atoms with Gasteiger partial charge in [-0.25, -0.2) is 4.79 Å². The molecule has 0 aliphatic heterocycles. The van der Waals surface area contributed by atoms with Crippen molar-refractivity contribution in [1.29, 1.82) is 0 Å². The minimum Gasteiger partial charge on any atom is -0.461 e. The first-order chi connectivity index (χ1) is 13.0. The van der Waals surface area contributed by atoms with E-state index in [1.165, 1.54) is 11.1 Å². The molecular formula is C20H23NO4S2. The van der Waals surface area contributed by atoms with Crippen LogP contribution in [-0.2, 0) is 15.3 Å². The van der Waals surface area contributed by atoms with Crippen LogP contribution in [0.3, 0.4) is 0 Å². The summed E-state index contributed by atoms with van der Waals surface area (Å²) in [6, 6.07) is 16.5. The standard InChI is InChI=1S/C20H23NO4S2/c1-3-25-20(22)18(21(23)24)13-19(17-7-5-4-6-8-17)27-26-14-16-11-9-15(2)10-12-16/h4-12,18-19H,3,13-14H2,1-2H3. The van der Waals surface area contributed by atoms with E-state index >= 15 is 0 Å².